The van der Waals surface area contributed by atoms with Gasteiger partial charge in [-0.2, -0.15) is 0 Å². The van der Waals surface area contributed by atoms with Crippen LogP contribution < -0.4 is 0 Å². The minimum absolute atomic E-state index is 0.0743. The summed E-state index contributed by atoms with van der Waals surface area (Å²) in [5.74, 6) is 0.205. The Hall–Kier alpha value is -1.42. The third-order valence-electron chi connectivity index (χ3n) is 3.64. The molecule has 0 amide bonds. The van der Waals surface area contributed by atoms with Gasteiger partial charge >= 0.3 is 0 Å². The van der Waals surface area contributed by atoms with Crippen LogP contribution in [0.25, 0.3) is 0 Å². The Bertz CT molecular complexity index is 406. The SMILES string of the molecule is CCC(OC)C1(C)C=CC=CC1c1c[nH]nn1. The largest absolute Gasteiger partial charge is 0.381 e. The summed E-state index contributed by atoms with van der Waals surface area (Å²) < 4.78 is 5.63. The van der Waals surface area contributed by atoms with Crippen LogP contribution >= 0.6 is 0 Å². The molecule has 3 unspecified atom stereocenters. The molecular weight excluding hydrogens is 214 g/mol. The van der Waals surface area contributed by atoms with Gasteiger partial charge in [0.2, 0.25) is 0 Å². The smallest absolute Gasteiger partial charge is 0.0902 e. The van der Waals surface area contributed by atoms with Crippen molar-refractivity contribution in [3.8, 4) is 0 Å². The lowest BCUT2D eigenvalue weighted by Gasteiger charge is -2.39. The average Bonchev–Trinajstić information content (AvgIpc) is 2.84. The highest BCUT2D eigenvalue weighted by Gasteiger charge is 2.40. The normalized spacial score (nSPS) is 29.5. The van der Waals surface area contributed by atoms with E-state index in [-0.39, 0.29) is 17.4 Å². The van der Waals surface area contributed by atoms with Crippen molar-refractivity contribution in [2.45, 2.75) is 32.3 Å². The molecule has 0 radical (unpaired) electrons. The highest BCUT2D eigenvalue weighted by atomic mass is 16.5. The molecule has 0 saturated carbocycles. The third-order valence-corrected chi connectivity index (χ3v) is 3.64. The Morgan fingerprint density at radius 3 is 2.94 bits per heavy atom. The van der Waals surface area contributed by atoms with Gasteiger partial charge in [-0.05, 0) is 6.42 Å². The number of nitrogens with one attached hydrogen (secondary N) is 1. The molecule has 0 fully saturated rings. The van der Waals surface area contributed by atoms with E-state index in [0.29, 0.717) is 0 Å². The van der Waals surface area contributed by atoms with Crippen molar-refractivity contribution in [3.63, 3.8) is 0 Å². The summed E-state index contributed by atoms with van der Waals surface area (Å²) in [5.41, 5.74) is 0.887. The van der Waals surface area contributed by atoms with Gasteiger partial charge in [0, 0.05) is 24.6 Å². The Morgan fingerprint density at radius 1 is 1.53 bits per heavy atom. The second kappa shape index (κ2) is 4.84. The molecule has 17 heavy (non-hydrogen) atoms. The van der Waals surface area contributed by atoms with E-state index >= 15 is 0 Å². The van der Waals surface area contributed by atoms with Crippen LogP contribution in [0.15, 0.2) is 30.5 Å². The minimum Gasteiger partial charge on any atom is -0.381 e. The summed E-state index contributed by atoms with van der Waals surface area (Å²) >= 11 is 0. The lowest BCUT2D eigenvalue weighted by atomic mass is 9.68. The first-order chi connectivity index (χ1) is 8.22. The fourth-order valence-electron chi connectivity index (χ4n) is 2.70. The second-order valence-corrected chi connectivity index (χ2v) is 4.62. The van der Waals surface area contributed by atoms with Crippen LogP contribution in [0.1, 0.15) is 31.9 Å². The predicted octanol–water partition coefficient (Wildman–Crippen LogP) is 2.45. The van der Waals surface area contributed by atoms with Crippen molar-refractivity contribution >= 4 is 0 Å². The van der Waals surface area contributed by atoms with Crippen LogP contribution in [0.5, 0.6) is 0 Å². The second-order valence-electron chi connectivity index (χ2n) is 4.62. The van der Waals surface area contributed by atoms with Gasteiger partial charge in [0.1, 0.15) is 0 Å². The van der Waals surface area contributed by atoms with Crippen molar-refractivity contribution < 1.29 is 4.74 Å². The molecule has 1 N–H and O–H groups in total. The highest BCUT2D eigenvalue weighted by Crippen LogP contribution is 2.44. The molecule has 1 aromatic rings. The first-order valence-corrected chi connectivity index (χ1v) is 5.97. The Kier molecular flexibility index (Phi) is 3.43. The summed E-state index contributed by atoms with van der Waals surface area (Å²) in [4.78, 5) is 0. The third kappa shape index (κ3) is 2.05. The van der Waals surface area contributed by atoms with Gasteiger partial charge < -0.3 is 4.74 Å². The molecule has 4 nitrogen and oxygen atoms in total. The van der Waals surface area contributed by atoms with Gasteiger partial charge in [0.15, 0.2) is 0 Å². The van der Waals surface area contributed by atoms with Gasteiger partial charge in [-0.15, -0.1) is 5.10 Å². The number of aromatic nitrogens is 3. The van der Waals surface area contributed by atoms with E-state index < -0.39 is 0 Å². The molecule has 2 rings (SSSR count). The fourth-order valence-corrected chi connectivity index (χ4v) is 2.70. The zero-order chi connectivity index (χ0) is 12.3. The molecule has 0 aromatic carbocycles. The summed E-state index contributed by atoms with van der Waals surface area (Å²) in [5, 5.41) is 10.7. The van der Waals surface area contributed by atoms with E-state index in [2.05, 4.69) is 53.6 Å². The Morgan fingerprint density at radius 2 is 2.35 bits per heavy atom. The maximum atomic E-state index is 5.63. The maximum absolute atomic E-state index is 5.63. The van der Waals surface area contributed by atoms with Crippen LogP contribution in [-0.4, -0.2) is 28.6 Å². The van der Waals surface area contributed by atoms with Crippen molar-refractivity contribution in [1.29, 1.82) is 0 Å². The molecule has 92 valence electrons. The van der Waals surface area contributed by atoms with Gasteiger partial charge in [0.25, 0.3) is 0 Å². The number of allylic oxidation sites excluding steroid dienone is 3. The first-order valence-electron chi connectivity index (χ1n) is 5.97. The van der Waals surface area contributed by atoms with Crippen molar-refractivity contribution in [2.75, 3.05) is 7.11 Å². The van der Waals surface area contributed by atoms with Crippen LogP contribution in [0.3, 0.4) is 0 Å². The molecule has 1 aliphatic rings. The van der Waals surface area contributed by atoms with Crippen molar-refractivity contribution in [1.82, 2.24) is 15.4 Å². The highest BCUT2D eigenvalue weighted by molar-refractivity contribution is 5.29. The first kappa shape index (κ1) is 12.0. The van der Waals surface area contributed by atoms with E-state index in [1.165, 1.54) is 0 Å². The summed E-state index contributed by atoms with van der Waals surface area (Å²) in [6.07, 6.45) is 11.5. The van der Waals surface area contributed by atoms with Crippen LogP contribution in [-0.2, 0) is 4.74 Å². The van der Waals surface area contributed by atoms with E-state index in [1.54, 1.807) is 7.11 Å². The Balaban J connectivity index is 2.36. The van der Waals surface area contributed by atoms with Crippen LogP contribution in [0.2, 0.25) is 0 Å². The van der Waals surface area contributed by atoms with Gasteiger partial charge in [0.05, 0.1) is 11.8 Å². The molecular formula is C13H19N3O. The molecule has 1 aliphatic carbocycles. The van der Waals surface area contributed by atoms with Crippen molar-refractivity contribution in [3.05, 3.63) is 36.2 Å². The summed E-state index contributed by atoms with van der Waals surface area (Å²) in [7, 11) is 1.77. The number of nitrogens with zero attached hydrogens (tertiary/aromatic N) is 2. The maximum Gasteiger partial charge on any atom is 0.0902 e. The molecule has 0 spiro atoms. The summed E-state index contributed by atoms with van der Waals surface area (Å²) in [6, 6.07) is 0. The van der Waals surface area contributed by atoms with Crippen LogP contribution in [0.4, 0.5) is 0 Å². The molecule has 1 aromatic heterocycles. The lowest BCUT2D eigenvalue weighted by Crippen LogP contribution is -2.37. The molecule has 0 aliphatic heterocycles. The number of rotatable bonds is 4. The number of hydrogen-bond acceptors (Lipinski definition) is 3. The topological polar surface area (TPSA) is 50.8 Å². The van der Waals surface area contributed by atoms with E-state index in [1.807, 2.05) is 6.20 Å². The quantitative estimate of drug-likeness (QED) is 0.869. The zero-order valence-electron chi connectivity index (χ0n) is 10.6. The average molecular weight is 233 g/mol. The van der Waals surface area contributed by atoms with Crippen LogP contribution in [0, 0.1) is 5.41 Å². The number of ether oxygens (including phenoxy) is 1. The number of methoxy groups -OCH3 is 1. The molecule has 0 bridgehead atoms. The number of hydrogen-bond donors (Lipinski definition) is 1. The predicted molar refractivity (Wildman–Crippen MR) is 66.6 cm³/mol. The minimum atomic E-state index is -0.0743. The van der Waals surface area contributed by atoms with Crippen molar-refractivity contribution in [2.24, 2.45) is 5.41 Å². The molecule has 3 atom stereocenters. The molecule has 1 heterocycles. The van der Waals surface area contributed by atoms with Gasteiger partial charge in [-0.25, -0.2) is 0 Å². The van der Waals surface area contributed by atoms with Gasteiger partial charge in [-0.3, -0.25) is 5.10 Å². The van der Waals surface area contributed by atoms with E-state index in [9.17, 15) is 0 Å². The molecule has 4 heteroatoms. The van der Waals surface area contributed by atoms with E-state index in [0.717, 1.165) is 12.1 Å². The Labute approximate surface area is 102 Å². The monoisotopic (exact) mass is 233 g/mol. The zero-order valence-corrected chi connectivity index (χ0v) is 10.6. The standard InChI is InChI=1S/C13H19N3O/c1-4-12(17-3)13(2)8-6-5-7-10(13)11-9-14-16-15-11/h5-10,12H,4H2,1-3H3,(H,14,15,16). The lowest BCUT2D eigenvalue weighted by molar-refractivity contribution is 0.0117. The number of aromatic amines is 1. The van der Waals surface area contributed by atoms with E-state index in [4.69, 9.17) is 4.74 Å². The summed E-state index contributed by atoms with van der Waals surface area (Å²) in [6.45, 7) is 4.36. The van der Waals surface area contributed by atoms with Gasteiger partial charge in [-0.1, -0.05) is 43.4 Å². The fraction of sp³-hybridized carbons (Fsp3) is 0.538. The molecule has 0 saturated heterocycles. The number of H-pyrrole nitrogens is 1.